The first-order valence-corrected chi connectivity index (χ1v) is 7.85. The van der Waals surface area contributed by atoms with Gasteiger partial charge in [0.1, 0.15) is 0 Å². The summed E-state index contributed by atoms with van der Waals surface area (Å²) in [4.78, 5) is 25.8. The maximum atomic E-state index is 12.5. The van der Waals surface area contributed by atoms with Gasteiger partial charge >= 0.3 is 12.1 Å². The van der Waals surface area contributed by atoms with Crippen molar-refractivity contribution < 1.29 is 27.5 Å². The van der Waals surface area contributed by atoms with Gasteiger partial charge in [0.15, 0.2) is 6.61 Å². The Bertz CT molecular complexity index is 588. The molecule has 0 unspecified atom stereocenters. The number of piperidine rings is 1. The van der Waals surface area contributed by atoms with Crippen LogP contribution < -0.4 is 0 Å². The number of amides is 1. The molecule has 0 saturated carbocycles. The second-order valence-electron chi connectivity index (χ2n) is 6.08. The molecule has 1 heterocycles. The Morgan fingerprint density at radius 3 is 2.17 bits per heavy atom. The van der Waals surface area contributed by atoms with Crippen molar-refractivity contribution in [2.24, 2.45) is 0 Å². The standard InChI is InChI=1S/C17H20F3NO3/c1-11-4-3-5-12(2)21(11)15(22)10-24-16(23)13-6-8-14(9-7-13)17(18,19)20/h6-9,11-12H,3-5,10H2,1-2H3/t11-,12-/m1/s1. The van der Waals surface area contributed by atoms with Crippen molar-refractivity contribution in [1.82, 2.24) is 4.90 Å². The molecule has 1 fully saturated rings. The lowest BCUT2D eigenvalue weighted by molar-refractivity contribution is -0.140. The lowest BCUT2D eigenvalue weighted by Crippen LogP contribution is -2.49. The van der Waals surface area contributed by atoms with E-state index in [9.17, 15) is 22.8 Å². The van der Waals surface area contributed by atoms with Crippen LogP contribution in [0.25, 0.3) is 0 Å². The van der Waals surface area contributed by atoms with Gasteiger partial charge in [-0.3, -0.25) is 4.79 Å². The summed E-state index contributed by atoms with van der Waals surface area (Å²) < 4.78 is 42.4. The molecule has 1 aromatic rings. The fourth-order valence-corrected chi connectivity index (χ4v) is 2.99. The van der Waals surface area contributed by atoms with Gasteiger partial charge in [-0.15, -0.1) is 0 Å². The first-order valence-electron chi connectivity index (χ1n) is 7.85. The molecule has 0 bridgehead atoms. The van der Waals surface area contributed by atoms with Crippen molar-refractivity contribution in [3.8, 4) is 0 Å². The molecule has 2 rings (SSSR count). The number of likely N-dealkylation sites (tertiary alicyclic amines) is 1. The number of hydrogen-bond donors (Lipinski definition) is 0. The van der Waals surface area contributed by atoms with Crippen LogP contribution >= 0.6 is 0 Å². The Hall–Kier alpha value is -2.05. The van der Waals surface area contributed by atoms with Gasteiger partial charge in [0, 0.05) is 12.1 Å². The SMILES string of the molecule is C[C@@H]1CCC[C@@H](C)N1C(=O)COC(=O)c1ccc(C(F)(F)F)cc1. The Balaban J connectivity index is 1.94. The van der Waals surface area contributed by atoms with Crippen molar-refractivity contribution in [2.45, 2.75) is 51.4 Å². The second-order valence-corrected chi connectivity index (χ2v) is 6.08. The number of carbonyl (C=O) groups is 2. The molecule has 1 aromatic carbocycles. The summed E-state index contributed by atoms with van der Waals surface area (Å²) in [5.74, 6) is -1.09. The highest BCUT2D eigenvalue weighted by molar-refractivity contribution is 5.91. The minimum Gasteiger partial charge on any atom is -0.452 e. The predicted molar refractivity (Wildman–Crippen MR) is 81.3 cm³/mol. The van der Waals surface area contributed by atoms with Crippen LogP contribution in [-0.4, -0.2) is 35.5 Å². The highest BCUT2D eigenvalue weighted by atomic mass is 19.4. The van der Waals surface area contributed by atoms with E-state index in [-0.39, 0.29) is 23.6 Å². The molecule has 4 nitrogen and oxygen atoms in total. The maximum Gasteiger partial charge on any atom is 0.416 e. The summed E-state index contributed by atoms with van der Waals surface area (Å²) in [6, 6.07) is 3.89. The fraction of sp³-hybridized carbons (Fsp3) is 0.529. The van der Waals surface area contributed by atoms with Gasteiger partial charge in [-0.05, 0) is 57.4 Å². The average molecular weight is 343 g/mol. The summed E-state index contributed by atoms with van der Waals surface area (Å²) in [6.07, 6.45) is -1.59. The van der Waals surface area contributed by atoms with Crippen LogP contribution in [0.1, 0.15) is 49.0 Å². The molecule has 24 heavy (non-hydrogen) atoms. The van der Waals surface area contributed by atoms with E-state index in [1.807, 2.05) is 13.8 Å². The number of carbonyl (C=O) groups excluding carboxylic acids is 2. The number of alkyl halides is 3. The molecule has 1 aliphatic rings. The Morgan fingerprint density at radius 1 is 1.12 bits per heavy atom. The minimum absolute atomic E-state index is 0.0180. The minimum atomic E-state index is -4.46. The van der Waals surface area contributed by atoms with Crippen molar-refractivity contribution in [3.05, 3.63) is 35.4 Å². The quantitative estimate of drug-likeness (QED) is 0.787. The molecule has 1 saturated heterocycles. The molecule has 0 radical (unpaired) electrons. The number of rotatable bonds is 3. The zero-order valence-electron chi connectivity index (χ0n) is 13.6. The maximum absolute atomic E-state index is 12.5. The van der Waals surface area contributed by atoms with Crippen LogP contribution in [0.2, 0.25) is 0 Å². The summed E-state index contributed by atoms with van der Waals surface area (Å²) in [7, 11) is 0. The van der Waals surface area contributed by atoms with Crippen LogP contribution in [0.15, 0.2) is 24.3 Å². The zero-order chi connectivity index (χ0) is 17.9. The number of benzene rings is 1. The lowest BCUT2D eigenvalue weighted by Gasteiger charge is -2.38. The molecule has 2 atom stereocenters. The number of esters is 1. The largest absolute Gasteiger partial charge is 0.452 e. The van der Waals surface area contributed by atoms with Crippen molar-refractivity contribution in [2.75, 3.05) is 6.61 Å². The molecule has 132 valence electrons. The summed E-state index contributed by atoms with van der Waals surface area (Å²) >= 11 is 0. The normalized spacial score (nSPS) is 21.5. The summed E-state index contributed by atoms with van der Waals surface area (Å²) in [5, 5.41) is 0. The monoisotopic (exact) mass is 343 g/mol. The van der Waals surface area contributed by atoms with Gasteiger partial charge in [-0.2, -0.15) is 13.2 Å². The highest BCUT2D eigenvalue weighted by Crippen LogP contribution is 2.29. The van der Waals surface area contributed by atoms with Crippen molar-refractivity contribution >= 4 is 11.9 Å². The fourth-order valence-electron chi connectivity index (χ4n) is 2.99. The van der Waals surface area contributed by atoms with Gasteiger partial charge in [0.05, 0.1) is 11.1 Å². The van der Waals surface area contributed by atoms with Gasteiger partial charge < -0.3 is 9.64 Å². The molecule has 0 aromatic heterocycles. The van der Waals surface area contributed by atoms with E-state index in [2.05, 4.69) is 0 Å². The molecular formula is C17H20F3NO3. The first kappa shape index (κ1) is 18.3. The topological polar surface area (TPSA) is 46.6 Å². The number of hydrogen-bond acceptors (Lipinski definition) is 3. The van der Waals surface area contributed by atoms with E-state index in [4.69, 9.17) is 4.74 Å². The number of halogens is 3. The third-order valence-electron chi connectivity index (χ3n) is 4.26. The van der Waals surface area contributed by atoms with Crippen LogP contribution in [0.5, 0.6) is 0 Å². The van der Waals surface area contributed by atoms with Crippen molar-refractivity contribution in [3.63, 3.8) is 0 Å². The predicted octanol–water partition coefficient (Wildman–Crippen LogP) is 3.65. The number of nitrogens with zero attached hydrogens (tertiary/aromatic N) is 1. The van der Waals surface area contributed by atoms with Gasteiger partial charge in [-0.1, -0.05) is 0 Å². The molecule has 0 N–H and O–H groups in total. The molecular weight excluding hydrogens is 323 g/mol. The first-order chi connectivity index (χ1) is 11.2. The summed E-state index contributed by atoms with van der Waals surface area (Å²) in [5.41, 5.74) is -0.860. The van der Waals surface area contributed by atoms with E-state index in [0.717, 1.165) is 43.5 Å². The second kappa shape index (κ2) is 7.23. The Kier molecular flexibility index (Phi) is 5.51. The highest BCUT2D eigenvalue weighted by Gasteiger charge is 2.31. The molecule has 0 aliphatic carbocycles. The van der Waals surface area contributed by atoms with Gasteiger partial charge in [0.2, 0.25) is 0 Å². The third kappa shape index (κ3) is 4.27. The molecule has 1 amide bonds. The lowest BCUT2D eigenvalue weighted by atomic mass is 9.97. The van der Waals surface area contributed by atoms with Crippen molar-refractivity contribution in [1.29, 1.82) is 0 Å². The van der Waals surface area contributed by atoms with Crippen LogP contribution in [0.3, 0.4) is 0 Å². The average Bonchev–Trinajstić information content (AvgIpc) is 2.51. The zero-order valence-corrected chi connectivity index (χ0v) is 13.6. The molecule has 0 spiro atoms. The van der Waals surface area contributed by atoms with Gasteiger partial charge in [0.25, 0.3) is 5.91 Å². The van der Waals surface area contributed by atoms with Crippen LogP contribution in [0.4, 0.5) is 13.2 Å². The molecule has 7 heteroatoms. The van der Waals surface area contributed by atoms with Gasteiger partial charge in [-0.25, -0.2) is 4.79 Å². The van der Waals surface area contributed by atoms with E-state index < -0.39 is 24.3 Å². The third-order valence-corrected chi connectivity index (χ3v) is 4.26. The van der Waals surface area contributed by atoms with E-state index in [1.165, 1.54) is 0 Å². The van der Waals surface area contributed by atoms with Crippen LogP contribution in [0, 0.1) is 0 Å². The van der Waals surface area contributed by atoms with E-state index in [1.54, 1.807) is 4.90 Å². The smallest absolute Gasteiger partial charge is 0.416 e. The van der Waals surface area contributed by atoms with E-state index >= 15 is 0 Å². The Morgan fingerprint density at radius 2 is 1.67 bits per heavy atom. The molecule has 1 aliphatic heterocycles. The van der Waals surface area contributed by atoms with Crippen LogP contribution in [-0.2, 0) is 15.7 Å². The Labute approximate surface area is 138 Å². The summed E-state index contributed by atoms with van der Waals surface area (Å²) in [6.45, 7) is 3.49. The van der Waals surface area contributed by atoms with E-state index in [0.29, 0.717) is 0 Å². The number of ether oxygens (including phenoxy) is 1.